The highest BCUT2D eigenvalue weighted by molar-refractivity contribution is 5.66. The molecule has 2 heterocycles. The smallest absolute Gasteiger partial charge is 0.303 e. The van der Waals surface area contributed by atoms with Crippen LogP contribution in [-0.4, -0.2) is 21.2 Å². The fraction of sp³-hybridized carbons (Fsp3) is 0.300. The maximum Gasteiger partial charge on any atom is 0.303 e. The lowest BCUT2D eigenvalue weighted by molar-refractivity contribution is -0.137. The van der Waals surface area contributed by atoms with Crippen molar-refractivity contribution in [2.45, 2.75) is 19.8 Å². The van der Waals surface area contributed by atoms with Crippen molar-refractivity contribution in [2.24, 2.45) is 0 Å². The van der Waals surface area contributed by atoms with Crippen molar-refractivity contribution in [3.63, 3.8) is 0 Å². The Labute approximate surface area is 90.9 Å². The third kappa shape index (κ3) is 2.28. The van der Waals surface area contributed by atoms with Gasteiger partial charge in [-0.05, 0) is 19.1 Å². The second kappa shape index (κ2) is 4.18. The van der Waals surface area contributed by atoms with Crippen LogP contribution in [0.25, 0.3) is 11.7 Å². The summed E-state index contributed by atoms with van der Waals surface area (Å²) < 4.78 is 10.2. The van der Waals surface area contributed by atoms with Crippen LogP contribution in [0.15, 0.2) is 21.1 Å². The van der Waals surface area contributed by atoms with Crippen LogP contribution in [0.1, 0.15) is 18.0 Å². The van der Waals surface area contributed by atoms with Crippen molar-refractivity contribution >= 4 is 5.97 Å². The van der Waals surface area contributed by atoms with E-state index in [4.69, 9.17) is 14.0 Å². The largest absolute Gasteiger partial charge is 0.481 e. The van der Waals surface area contributed by atoms with Gasteiger partial charge in [0.15, 0.2) is 11.6 Å². The summed E-state index contributed by atoms with van der Waals surface area (Å²) in [7, 11) is 0. The molecule has 0 atom stereocenters. The van der Waals surface area contributed by atoms with Crippen LogP contribution in [0.4, 0.5) is 0 Å². The van der Waals surface area contributed by atoms with Gasteiger partial charge in [-0.2, -0.15) is 4.98 Å². The van der Waals surface area contributed by atoms with Crippen molar-refractivity contribution < 1.29 is 18.8 Å². The number of aromatic nitrogens is 2. The lowest BCUT2D eigenvalue weighted by atomic mass is 10.3. The zero-order chi connectivity index (χ0) is 11.5. The molecule has 0 saturated carbocycles. The van der Waals surface area contributed by atoms with Gasteiger partial charge in [-0.15, -0.1) is 0 Å². The molecule has 2 rings (SSSR count). The standard InChI is InChI=1S/C10H10N2O4/c1-6-2-3-7(15-6)10-11-8(12-16-10)4-5-9(13)14/h2-3H,4-5H2,1H3,(H,13,14). The van der Waals surface area contributed by atoms with Gasteiger partial charge in [0.2, 0.25) is 0 Å². The van der Waals surface area contributed by atoms with Gasteiger partial charge in [0, 0.05) is 6.42 Å². The molecule has 0 saturated heterocycles. The maximum atomic E-state index is 10.3. The molecule has 0 spiro atoms. The van der Waals surface area contributed by atoms with E-state index in [0.29, 0.717) is 11.6 Å². The molecule has 1 N–H and O–H groups in total. The third-order valence-electron chi connectivity index (χ3n) is 1.98. The van der Waals surface area contributed by atoms with E-state index in [1.54, 1.807) is 12.1 Å². The van der Waals surface area contributed by atoms with Gasteiger partial charge in [-0.25, -0.2) is 0 Å². The summed E-state index contributed by atoms with van der Waals surface area (Å²) in [5.41, 5.74) is 0. The zero-order valence-corrected chi connectivity index (χ0v) is 8.64. The van der Waals surface area contributed by atoms with E-state index in [1.807, 2.05) is 6.92 Å². The molecule has 0 aliphatic heterocycles. The summed E-state index contributed by atoms with van der Waals surface area (Å²) >= 11 is 0. The number of hydrogen-bond acceptors (Lipinski definition) is 5. The quantitative estimate of drug-likeness (QED) is 0.845. The van der Waals surface area contributed by atoms with Crippen molar-refractivity contribution in [3.8, 4) is 11.7 Å². The molecule has 0 aliphatic carbocycles. The first-order chi connectivity index (χ1) is 7.65. The number of aryl methyl sites for hydroxylation is 2. The van der Waals surface area contributed by atoms with E-state index < -0.39 is 5.97 Å². The van der Waals surface area contributed by atoms with Crippen LogP contribution in [0.2, 0.25) is 0 Å². The minimum Gasteiger partial charge on any atom is -0.481 e. The maximum absolute atomic E-state index is 10.3. The van der Waals surface area contributed by atoms with E-state index in [0.717, 1.165) is 5.76 Å². The summed E-state index contributed by atoms with van der Waals surface area (Å²) in [4.78, 5) is 14.4. The van der Waals surface area contributed by atoms with Crippen molar-refractivity contribution in [1.29, 1.82) is 0 Å². The fourth-order valence-corrected chi connectivity index (χ4v) is 1.22. The average Bonchev–Trinajstić information content (AvgIpc) is 2.83. The first kappa shape index (κ1) is 10.4. The molecule has 0 bridgehead atoms. The van der Waals surface area contributed by atoms with E-state index >= 15 is 0 Å². The predicted octanol–water partition coefficient (Wildman–Crippen LogP) is 1.66. The summed E-state index contributed by atoms with van der Waals surface area (Å²) in [6, 6.07) is 3.51. The van der Waals surface area contributed by atoms with Crippen LogP contribution in [0.3, 0.4) is 0 Å². The molecule has 2 aromatic rings. The van der Waals surface area contributed by atoms with Gasteiger partial charge in [0.1, 0.15) is 5.76 Å². The van der Waals surface area contributed by atoms with Gasteiger partial charge in [0.25, 0.3) is 5.89 Å². The lowest BCUT2D eigenvalue weighted by Gasteiger charge is -1.87. The molecule has 0 radical (unpaired) electrons. The fourth-order valence-electron chi connectivity index (χ4n) is 1.22. The summed E-state index contributed by atoms with van der Waals surface area (Å²) in [5, 5.41) is 12.2. The van der Waals surface area contributed by atoms with Crippen molar-refractivity contribution in [3.05, 3.63) is 23.7 Å². The third-order valence-corrected chi connectivity index (χ3v) is 1.98. The Morgan fingerprint density at radius 1 is 1.50 bits per heavy atom. The van der Waals surface area contributed by atoms with E-state index in [9.17, 15) is 4.79 Å². The van der Waals surface area contributed by atoms with Gasteiger partial charge in [-0.3, -0.25) is 4.79 Å². The van der Waals surface area contributed by atoms with Crippen LogP contribution in [0, 0.1) is 6.92 Å². The molecule has 0 aromatic carbocycles. The van der Waals surface area contributed by atoms with Gasteiger partial charge < -0.3 is 14.0 Å². The Balaban J connectivity index is 2.10. The van der Waals surface area contributed by atoms with Crippen molar-refractivity contribution in [1.82, 2.24) is 10.1 Å². The first-order valence-electron chi connectivity index (χ1n) is 4.76. The van der Waals surface area contributed by atoms with E-state index in [1.165, 1.54) is 0 Å². The summed E-state index contributed by atoms with van der Waals surface area (Å²) in [6.45, 7) is 1.81. The first-order valence-corrected chi connectivity index (χ1v) is 4.76. The Hall–Kier alpha value is -2.11. The summed E-state index contributed by atoms with van der Waals surface area (Å²) in [5.74, 6) is 0.993. The molecular weight excluding hydrogens is 212 g/mol. The molecule has 0 aliphatic rings. The Kier molecular flexibility index (Phi) is 2.72. The summed E-state index contributed by atoms with van der Waals surface area (Å²) in [6.07, 6.45) is 0.231. The zero-order valence-electron chi connectivity index (χ0n) is 8.64. The van der Waals surface area contributed by atoms with Crippen LogP contribution in [0.5, 0.6) is 0 Å². The molecule has 84 valence electrons. The lowest BCUT2D eigenvalue weighted by Crippen LogP contribution is -1.98. The van der Waals surface area contributed by atoms with Crippen LogP contribution < -0.4 is 0 Å². The monoisotopic (exact) mass is 222 g/mol. The number of furan rings is 1. The second-order valence-electron chi connectivity index (χ2n) is 3.32. The minimum atomic E-state index is -0.889. The number of aliphatic carboxylic acids is 1. The molecular formula is C10H10N2O4. The number of nitrogens with zero attached hydrogens (tertiary/aromatic N) is 2. The van der Waals surface area contributed by atoms with Gasteiger partial charge in [-0.1, -0.05) is 5.16 Å². The number of carboxylic acids is 1. The molecule has 6 heteroatoms. The normalized spacial score (nSPS) is 10.6. The molecule has 6 nitrogen and oxygen atoms in total. The highest BCUT2D eigenvalue weighted by atomic mass is 16.5. The Bertz CT molecular complexity index is 500. The molecule has 0 amide bonds. The topological polar surface area (TPSA) is 89.4 Å². The van der Waals surface area contributed by atoms with E-state index in [2.05, 4.69) is 10.1 Å². The molecule has 16 heavy (non-hydrogen) atoms. The highest BCUT2D eigenvalue weighted by Crippen LogP contribution is 2.19. The number of carbonyl (C=O) groups is 1. The molecule has 2 aromatic heterocycles. The average molecular weight is 222 g/mol. The SMILES string of the molecule is Cc1ccc(-c2nc(CCC(=O)O)no2)o1. The van der Waals surface area contributed by atoms with Crippen molar-refractivity contribution in [2.75, 3.05) is 0 Å². The molecule has 0 fully saturated rings. The van der Waals surface area contributed by atoms with Gasteiger partial charge in [0.05, 0.1) is 6.42 Å². The number of rotatable bonds is 4. The minimum absolute atomic E-state index is 0.0177. The predicted molar refractivity (Wildman–Crippen MR) is 52.7 cm³/mol. The Morgan fingerprint density at radius 2 is 2.31 bits per heavy atom. The van der Waals surface area contributed by atoms with Crippen LogP contribution >= 0.6 is 0 Å². The molecule has 0 unspecified atom stereocenters. The van der Waals surface area contributed by atoms with E-state index in [-0.39, 0.29) is 18.7 Å². The Morgan fingerprint density at radius 3 is 2.94 bits per heavy atom. The van der Waals surface area contributed by atoms with Crippen LogP contribution in [-0.2, 0) is 11.2 Å². The van der Waals surface area contributed by atoms with Gasteiger partial charge >= 0.3 is 5.97 Å². The second-order valence-corrected chi connectivity index (χ2v) is 3.32. The number of hydrogen-bond donors (Lipinski definition) is 1. The highest BCUT2D eigenvalue weighted by Gasteiger charge is 2.12. The number of carboxylic acid groups (broad SMARTS) is 1.